The zero-order chi connectivity index (χ0) is 20.0. The molecule has 2 aliphatic rings. The fourth-order valence-electron chi connectivity index (χ4n) is 4.17. The zero-order valence-corrected chi connectivity index (χ0v) is 17.4. The van der Waals surface area contributed by atoms with Gasteiger partial charge in [-0.25, -0.2) is 0 Å². The molecule has 0 aromatic heterocycles. The number of benzene rings is 1. The van der Waals surface area contributed by atoms with E-state index in [1.54, 1.807) is 6.07 Å². The molecule has 2 fully saturated rings. The van der Waals surface area contributed by atoms with E-state index in [4.69, 9.17) is 0 Å². The number of phenols is 1. The fraction of sp³-hybridized carbons (Fsp3) is 0.684. The molecule has 28 heavy (non-hydrogen) atoms. The largest absolute Gasteiger partial charge is 0.508 e. The van der Waals surface area contributed by atoms with E-state index in [2.05, 4.69) is 15.1 Å². The molecule has 3 rings (SSSR count). The molecule has 2 unspecified atom stereocenters. The molecule has 0 radical (unpaired) electrons. The Bertz CT molecular complexity index is 686. The minimum absolute atomic E-state index is 0.0630. The van der Waals surface area contributed by atoms with Crippen LogP contribution >= 0.6 is 7.60 Å². The van der Waals surface area contributed by atoms with Crippen LogP contribution in [0.5, 0.6) is 5.75 Å². The summed E-state index contributed by atoms with van der Waals surface area (Å²) in [5, 5.41) is 13.6. The first-order valence-electron chi connectivity index (χ1n) is 10.2. The number of aromatic hydroxyl groups is 1. The molecule has 2 aliphatic heterocycles. The summed E-state index contributed by atoms with van der Waals surface area (Å²) in [6.07, 6.45) is -0.0630. The van der Waals surface area contributed by atoms with E-state index >= 15 is 0 Å². The number of nitrogens with one attached hydrogen (secondary N) is 1. The van der Waals surface area contributed by atoms with Gasteiger partial charge in [0.15, 0.2) is 0 Å². The first-order chi connectivity index (χ1) is 13.4. The second-order valence-electron chi connectivity index (χ2n) is 8.12. The lowest BCUT2D eigenvalue weighted by Gasteiger charge is -2.40. The van der Waals surface area contributed by atoms with Crippen molar-refractivity contribution < 1.29 is 23.9 Å². The molecule has 2 saturated heterocycles. The second-order valence-corrected chi connectivity index (χ2v) is 9.90. The van der Waals surface area contributed by atoms with Gasteiger partial charge in [-0.05, 0) is 6.07 Å². The second kappa shape index (κ2) is 9.67. The highest BCUT2D eigenvalue weighted by Crippen LogP contribution is 2.34. The molecule has 8 nitrogen and oxygen atoms in total. The Morgan fingerprint density at radius 2 is 1.79 bits per heavy atom. The summed E-state index contributed by atoms with van der Waals surface area (Å²) in [7, 11) is -4.02. The molecule has 0 spiro atoms. The fourth-order valence-corrected chi connectivity index (χ4v) is 4.86. The van der Waals surface area contributed by atoms with Gasteiger partial charge in [0.1, 0.15) is 5.75 Å². The van der Waals surface area contributed by atoms with Crippen LogP contribution in [0.1, 0.15) is 5.56 Å². The number of phenolic OH excluding ortho intramolecular Hbond substituents is 1. The van der Waals surface area contributed by atoms with Crippen molar-refractivity contribution in [2.75, 3.05) is 78.2 Å². The highest BCUT2D eigenvalue weighted by atomic mass is 31.2. The summed E-state index contributed by atoms with van der Waals surface area (Å²) in [4.78, 5) is 23.7. The smallest absolute Gasteiger partial charge is 0.331 e. The van der Waals surface area contributed by atoms with Gasteiger partial charge in [0.05, 0.1) is 32.3 Å². The molecular formula is C19H34N4O4P+. The third kappa shape index (κ3) is 6.52. The van der Waals surface area contributed by atoms with Gasteiger partial charge in [-0.3, -0.25) is 14.4 Å². The van der Waals surface area contributed by atoms with Gasteiger partial charge in [0, 0.05) is 57.9 Å². The van der Waals surface area contributed by atoms with Crippen LogP contribution in [0.25, 0.3) is 0 Å². The Morgan fingerprint density at radius 1 is 1.00 bits per heavy atom. The maximum absolute atomic E-state index is 11.6. The summed E-state index contributed by atoms with van der Waals surface area (Å²) in [6, 6.07) is 7.47. The molecule has 4 N–H and O–H groups in total. The molecule has 0 amide bonds. The summed E-state index contributed by atoms with van der Waals surface area (Å²) in [5.74, 6) is 0.326. The van der Waals surface area contributed by atoms with Crippen LogP contribution < -0.4 is 5.32 Å². The van der Waals surface area contributed by atoms with E-state index in [-0.39, 0.29) is 6.16 Å². The minimum atomic E-state index is -4.02. The van der Waals surface area contributed by atoms with Crippen molar-refractivity contribution in [3.05, 3.63) is 29.8 Å². The average Bonchev–Trinajstić information content (AvgIpc) is 2.79. The van der Waals surface area contributed by atoms with Gasteiger partial charge >= 0.3 is 7.60 Å². The van der Waals surface area contributed by atoms with Crippen LogP contribution in [0, 0.1) is 0 Å². The van der Waals surface area contributed by atoms with Crippen molar-refractivity contribution in [2.24, 2.45) is 0 Å². The van der Waals surface area contributed by atoms with Crippen LogP contribution in [0.15, 0.2) is 24.3 Å². The predicted octanol–water partition coefficient (Wildman–Crippen LogP) is 0.108. The Morgan fingerprint density at radius 3 is 2.57 bits per heavy atom. The normalized spacial score (nSPS) is 27.9. The first kappa shape index (κ1) is 21.7. The Kier molecular flexibility index (Phi) is 7.50. The molecule has 0 saturated carbocycles. The maximum Gasteiger partial charge on any atom is 0.331 e. The summed E-state index contributed by atoms with van der Waals surface area (Å²) >= 11 is 0. The van der Waals surface area contributed by atoms with Crippen LogP contribution in [-0.4, -0.2) is 107 Å². The van der Waals surface area contributed by atoms with E-state index in [0.717, 1.165) is 75.5 Å². The highest BCUT2D eigenvalue weighted by molar-refractivity contribution is 7.51. The number of para-hydroxylation sites is 1. The quantitative estimate of drug-likeness (QED) is 0.402. The van der Waals surface area contributed by atoms with Crippen LogP contribution in [0.3, 0.4) is 0 Å². The summed E-state index contributed by atoms with van der Waals surface area (Å²) < 4.78 is 12.3. The van der Waals surface area contributed by atoms with Crippen molar-refractivity contribution >= 4 is 7.60 Å². The lowest BCUT2D eigenvalue weighted by Crippen LogP contribution is -2.57. The molecule has 0 aliphatic carbocycles. The van der Waals surface area contributed by atoms with Gasteiger partial charge < -0.3 is 24.7 Å². The van der Waals surface area contributed by atoms with Crippen molar-refractivity contribution in [3.63, 3.8) is 0 Å². The molecule has 2 atom stereocenters. The number of hydrogen-bond donors (Lipinski definition) is 4. The zero-order valence-electron chi connectivity index (χ0n) is 16.5. The average molecular weight is 413 g/mol. The molecular weight excluding hydrogens is 379 g/mol. The lowest BCUT2D eigenvalue weighted by atomic mass is 10.2. The third-order valence-corrected chi connectivity index (χ3v) is 6.92. The molecule has 2 heterocycles. The van der Waals surface area contributed by atoms with E-state index in [9.17, 15) is 19.5 Å². The van der Waals surface area contributed by atoms with Crippen LogP contribution in [0.4, 0.5) is 0 Å². The van der Waals surface area contributed by atoms with Crippen LogP contribution in [-0.2, 0) is 11.1 Å². The number of rotatable bonds is 5. The molecule has 1 aromatic carbocycles. The molecule has 2 bridgehead atoms. The minimum Gasteiger partial charge on any atom is -0.508 e. The Labute approximate surface area is 167 Å². The van der Waals surface area contributed by atoms with E-state index in [1.165, 1.54) is 0 Å². The maximum atomic E-state index is 11.6. The Hall–Kier alpha value is -0.990. The topological polar surface area (TPSA) is 96.3 Å². The third-order valence-electron chi connectivity index (χ3n) is 6.13. The molecule has 1 aromatic rings. The lowest BCUT2D eigenvalue weighted by molar-refractivity contribution is -0.923. The predicted molar refractivity (Wildman–Crippen MR) is 109 cm³/mol. The Balaban J connectivity index is 1.77. The van der Waals surface area contributed by atoms with Gasteiger partial charge in [-0.15, -0.1) is 0 Å². The standard InChI is InChI=1S/C19H33N4O4P/c24-19-4-2-1-3-18(19)17-22-9-8-21-7-5-20-6-12-23(13-10-21,14-11-22)15-16-28(25,26)27/h1-4,20H,5-17H2,(H2-,24,25,26,27)/p+1. The van der Waals surface area contributed by atoms with E-state index in [1.807, 2.05) is 18.2 Å². The monoisotopic (exact) mass is 413 g/mol. The first-order valence-corrected chi connectivity index (χ1v) is 12.0. The van der Waals surface area contributed by atoms with E-state index in [0.29, 0.717) is 18.8 Å². The number of nitrogens with zero attached hydrogens (tertiary/aromatic N) is 3. The molecule has 158 valence electrons. The van der Waals surface area contributed by atoms with Gasteiger partial charge in [-0.2, -0.15) is 0 Å². The van der Waals surface area contributed by atoms with Crippen molar-refractivity contribution in [3.8, 4) is 5.75 Å². The van der Waals surface area contributed by atoms with Crippen molar-refractivity contribution in [1.29, 1.82) is 0 Å². The summed E-state index contributed by atoms with van der Waals surface area (Å²) in [6.45, 7) is 10.4. The number of fused-ring (bicyclic) bond motifs is 3. The number of quaternary nitrogens is 1. The summed E-state index contributed by atoms with van der Waals surface area (Å²) in [5.41, 5.74) is 0.926. The molecule has 9 heteroatoms. The van der Waals surface area contributed by atoms with Crippen molar-refractivity contribution in [2.45, 2.75) is 6.54 Å². The van der Waals surface area contributed by atoms with Gasteiger partial charge in [0.25, 0.3) is 0 Å². The van der Waals surface area contributed by atoms with E-state index < -0.39 is 7.60 Å². The highest BCUT2D eigenvalue weighted by Gasteiger charge is 2.33. The van der Waals surface area contributed by atoms with Crippen molar-refractivity contribution in [1.82, 2.24) is 15.1 Å². The van der Waals surface area contributed by atoms with Crippen LogP contribution in [0.2, 0.25) is 0 Å². The van der Waals surface area contributed by atoms with Gasteiger partial charge in [0.2, 0.25) is 0 Å². The number of hydrogen-bond acceptors (Lipinski definition) is 5. The SMILES string of the molecule is O=P(O)(O)CC[N+]12CCNCCN(CCN(Cc3ccccc3O)CC1)CC2. The van der Waals surface area contributed by atoms with Gasteiger partial charge in [-0.1, -0.05) is 18.2 Å².